The predicted molar refractivity (Wildman–Crippen MR) is 67.3 cm³/mol. The Morgan fingerprint density at radius 2 is 1.88 bits per heavy atom. The molecule has 17 heavy (non-hydrogen) atoms. The van der Waals surface area contributed by atoms with E-state index in [2.05, 4.69) is 5.32 Å². The summed E-state index contributed by atoms with van der Waals surface area (Å²) in [6.07, 6.45) is 0. The summed E-state index contributed by atoms with van der Waals surface area (Å²) in [5.41, 5.74) is 0.791. The zero-order valence-corrected chi connectivity index (χ0v) is 10.7. The molecule has 1 aromatic rings. The topological polar surface area (TPSA) is 47.6 Å². The average Bonchev–Trinajstić information content (AvgIpc) is 2.35. The van der Waals surface area contributed by atoms with Gasteiger partial charge in [0.05, 0.1) is 19.9 Å². The van der Waals surface area contributed by atoms with Crippen LogP contribution in [0.3, 0.4) is 0 Å². The first kappa shape index (κ1) is 13.4. The van der Waals surface area contributed by atoms with Crippen LogP contribution >= 0.6 is 0 Å². The summed E-state index contributed by atoms with van der Waals surface area (Å²) in [6, 6.07) is 7.11. The van der Waals surface area contributed by atoms with Gasteiger partial charge in [0.25, 0.3) is 0 Å². The van der Waals surface area contributed by atoms with Crippen LogP contribution in [-0.4, -0.2) is 26.2 Å². The number of benzene rings is 1. The molecular formula is C13H19NO3. The molecule has 4 heteroatoms. The van der Waals surface area contributed by atoms with Crippen molar-refractivity contribution in [1.82, 2.24) is 0 Å². The molecule has 1 N–H and O–H groups in total. The number of para-hydroxylation sites is 2. The van der Waals surface area contributed by atoms with E-state index in [-0.39, 0.29) is 17.9 Å². The Bertz CT molecular complexity index is 377. The van der Waals surface area contributed by atoms with E-state index in [4.69, 9.17) is 9.47 Å². The minimum Gasteiger partial charge on any atom is -0.495 e. The standard InChI is InChI=1S/C13H19NO3/c1-9(2)12(13(15)17-4)14-10-7-5-6-8-11(10)16-3/h5-9,12,14H,1-4H3/t12-/m0/s1. The Morgan fingerprint density at radius 1 is 1.24 bits per heavy atom. The van der Waals surface area contributed by atoms with Gasteiger partial charge in [-0.05, 0) is 18.1 Å². The van der Waals surface area contributed by atoms with Crippen LogP contribution in [0.1, 0.15) is 13.8 Å². The molecule has 0 heterocycles. The lowest BCUT2D eigenvalue weighted by Gasteiger charge is -2.22. The van der Waals surface area contributed by atoms with Gasteiger partial charge in [-0.3, -0.25) is 0 Å². The molecule has 0 aliphatic carbocycles. The molecule has 94 valence electrons. The number of esters is 1. The number of rotatable bonds is 5. The highest BCUT2D eigenvalue weighted by molar-refractivity contribution is 5.80. The Labute approximate surface area is 102 Å². The maximum absolute atomic E-state index is 11.6. The number of anilines is 1. The van der Waals surface area contributed by atoms with Crippen LogP contribution in [0.25, 0.3) is 0 Å². The van der Waals surface area contributed by atoms with Crippen molar-refractivity contribution in [2.24, 2.45) is 5.92 Å². The summed E-state index contributed by atoms with van der Waals surface area (Å²) in [5.74, 6) is 0.570. The molecule has 1 atom stereocenters. The van der Waals surface area contributed by atoms with Gasteiger partial charge < -0.3 is 14.8 Å². The zero-order chi connectivity index (χ0) is 12.8. The molecule has 0 radical (unpaired) electrons. The third-order valence-corrected chi connectivity index (χ3v) is 2.54. The molecule has 0 bridgehead atoms. The van der Waals surface area contributed by atoms with Crippen LogP contribution in [0, 0.1) is 5.92 Å². The quantitative estimate of drug-likeness (QED) is 0.798. The van der Waals surface area contributed by atoms with Gasteiger partial charge in [0.15, 0.2) is 0 Å². The zero-order valence-electron chi connectivity index (χ0n) is 10.7. The number of nitrogens with one attached hydrogen (secondary N) is 1. The highest BCUT2D eigenvalue weighted by atomic mass is 16.5. The summed E-state index contributed by atoms with van der Waals surface area (Å²) in [7, 11) is 2.99. The van der Waals surface area contributed by atoms with E-state index >= 15 is 0 Å². The smallest absolute Gasteiger partial charge is 0.328 e. The fourth-order valence-electron chi connectivity index (χ4n) is 1.56. The second-order valence-corrected chi connectivity index (χ2v) is 4.09. The average molecular weight is 237 g/mol. The van der Waals surface area contributed by atoms with Crippen molar-refractivity contribution in [3.8, 4) is 5.75 Å². The molecule has 0 aliphatic rings. The second kappa shape index (κ2) is 6.13. The largest absolute Gasteiger partial charge is 0.495 e. The molecule has 0 spiro atoms. The van der Waals surface area contributed by atoms with Crippen molar-refractivity contribution >= 4 is 11.7 Å². The van der Waals surface area contributed by atoms with Gasteiger partial charge in [-0.25, -0.2) is 4.79 Å². The molecule has 0 unspecified atom stereocenters. The molecule has 1 rings (SSSR count). The van der Waals surface area contributed by atoms with Crippen molar-refractivity contribution < 1.29 is 14.3 Å². The summed E-state index contributed by atoms with van der Waals surface area (Å²) >= 11 is 0. The molecule has 0 saturated carbocycles. The molecular weight excluding hydrogens is 218 g/mol. The fourth-order valence-corrected chi connectivity index (χ4v) is 1.56. The second-order valence-electron chi connectivity index (χ2n) is 4.09. The van der Waals surface area contributed by atoms with Crippen LogP contribution in [0.4, 0.5) is 5.69 Å². The fraction of sp³-hybridized carbons (Fsp3) is 0.462. The van der Waals surface area contributed by atoms with Crippen LogP contribution in [0.15, 0.2) is 24.3 Å². The van der Waals surface area contributed by atoms with Crippen molar-refractivity contribution in [2.75, 3.05) is 19.5 Å². The Kier molecular flexibility index (Phi) is 4.82. The van der Waals surface area contributed by atoms with Gasteiger partial charge in [-0.15, -0.1) is 0 Å². The van der Waals surface area contributed by atoms with Crippen LogP contribution in [0.5, 0.6) is 5.75 Å². The number of hydrogen-bond acceptors (Lipinski definition) is 4. The monoisotopic (exact) mass is 237 g/mol. The minimum atomic E-state index is -0.378. The highest BCUT2D eigenvalue weighted by Crippen LogP contribution is 2.25. The van der Waals surface area contributed by atoms with Gasteiger partial charge in [0.1, 0.15) is 11.8 Å². The maximum Gasteiger partial charge on any atom is 0.328 e. The Morgan fingerprint density at radius 3 is 2.41 bits per heavy atom. The van der Waals surface area contributed by atoms with Crippen molar-refractivity contribution in [1.29, 1.82) is 0 Å². The summed E-state index contributed by atoms with van der Waals surface area (Å²) in [4.78, 5) is 11.6. The van der Waals surface area contributed by atoms with E-state index in [0.717, 1.165) is 5.69 Å². The van der Waals surface area contributed by atoms with E-state index < -0.39 is 0 Å². The third kappa shape index (κ3) is 3.37. The molecule has 0 aromatic heterocycles. The maximum atomic E-state index is 11.6. The number of ether oxygens (including phenoxy) is 2. The Hall–Kier alpha value is -1.71. The minimum absolute atomic E-state index is 0.132. The predicted octanol–water partition coefficient (Wildman–Crippen LogP) is 2.30. The molecule has 0 saturated heterocycles. The van der Waals surface area contributed by atoms with Gasteiger partial charge in [-0.2, -0.15) is 0 Å². The van der Waals surface area contributed by atoms with Crippen molar-refractivity contribution in [2.45, 2.75) is 19.9 Å². The summed E-state index contributed by atoms with van der Waals surface area (Å²) in [6.45, 7) is 3.92. The first-order valence-corrected chi connectivity index (χ1v) is 5.57. The van der Waals surface area contributed by atoms with E-state index in [1.165, 1.54) is 7.11 Å². The normalized spacial score (nSPS) is 12.1. The van der Waals surface area contributed by atoms with Crippen LogP contribution < -0.4 is 10.1 Å². The van der Waals surface area contributed by atoms with E-state index in [0.29, 0.717) is 5.75 Å². The molecule has 4 nitrogen and oxygen atoms in total. The van der Waals surface area contributed by atoms with E-state index in [9.17, 15) is 4.79 Å². The SMILES string of the molecule is COC(=O)[C@@H](Nc1ccccc1OC)C(C)C. The van der Waals surface area contributed by atoms with Crippen molar-refractivity contribution in [3.05, 3.63) is 24.3 Å². The first-order valence-electron chi connectivity index (χ1n) is 5.57. The lowest BCUT2D eigenvalue weighted by Crippen LogP contribution is -2.35. The van der Waals surface area contributed by atoms with Crippen LogP contribution in [-0.2, 0) is 9.53 Å². The first-order chi connectivity index (χ1) is 8.10. The Balaban J connectivity index is 2.89. The highest BCUT2D eigenvalue weighted by Gasteiger charge is 2.23. The molecule has 0 amide bonds. The number of hydrogen-bond donors (Lipinski definition) is 1. The third-order valence-electron chi connectivity index (χ3n) is 2.54. The lowest BCUT2D eigenvalue weighted by molar-refractivity contribution is -0.142. The molecule has 0 fully saturated rings. The van der Waals surface area contributed by atoms with Gasteiger partial charge in [0.2, 0.25) is 0 Å². The molecule has 0 aliphatic heterocycles. The van der Waals surface area contributed by atoms with E-state index in [1.54, 1.807) is 7.11 Å². The number of carbonyl (C=O) groups excluding carboxylic acids is 1. The van der Waals surface area contributed by atoms with Crippen molar-refractivity contribution in [3.63, 3.8) is 0 Å². The van der Waals surface area contributed by atoms with Crippen LogP contribution in [0.2, 0.25) is 0 Å². The van der Waals surface area contributed by atoms with Gasteiger partial charge >= 0.3 is 5.97 Å². The van der Waals surface area contributed by atoms with Gasteiger partial charge in [-0.1, -0.05) is 26.0 Å². The molecule has 1 aromatic carbocycles. The number of carbonyl (C=O) groups is 1. The van der Waals surface area contributed by atoms with Gasteiger partial charge in [0, 0.05) is 0 Å². The number of methoxy groups -OCH3 is 2. The summed E-state index contributed by atoms with van der Waals surface area (Å²) < 4.78 is 10.0. The summed E-state index contributed by atoms with van der Waals surface area (Å²) in [5, 5.41) is 3.15. The van der Waals surface area contributed by atoms with E-state index in [1.807, 2.05) is 38.1 Å². The lowest BCUT2D eigenvalue weighted by atomic mass is 10.0.